The number of aromatic nitrogens is 1. The standard InChI is InChI=1S/C25H21NO2S2Si/c1-31(2,3)15-14-18-4-6-19(7-5-18)26-22(24-12-8-20(16-27)29-24)10-11-23(26)25-13-9-21(17-28)30-25/h4-13,16-17H,1-3H3. The Morgan fingerprint density at radius 1 is 0.742 bits per heavy atom. The first-order valence-electron chi connectivity index (χ1n) is 9.84. The Hall–Kier alpha value is -2.98. The average Bonchev–Trinajstić information content (AvgIpc) is 3.50. The number of carbonyl (C=O) groups is 2. The Kier molecular flexibility index (Phi) is 5.92. The molecule has 31 heavy (non-hydrogen) atoms. The summed E-state index contributed by atoms with van der Waals surface area (Å²) in [5.74, 6) is 3.30. The number of thiophene rings is 2. The van der Waals surface area contributed by atoms with E-state index in [-0.39, 0.29) is 0 Å². The first kappa shape index (κ1) is 21.3. The number of hydrogen-bond acceptors (Lipinski definition) is 4. The van der Waals surface area contributed by atoms with Crippen molar-refractivity contribution >= 4 is 43.3 Å². The summed E-state index contributed by atoms with van der Waals surface area (Å²) in [7, 11) is -1.44. The third-order valence-corrected chi connectivity index (χ3v) is 7.52. The molecule has 3 nitrogen and oxygen atoms in total. The van der Waals surface area contributed by atoms with Gasteiger partial charge >= 0.3 is 0 Å². The summed E-state index contributed by atoms with van der Waals surface area (Å²) in [6, 6.07) is 20.0. The van der Waals surface area contributed by atoms with E-state index >= 15 is 0 Å². The summed E-state index contributed by atoms with van der Waals surface area (Å²) in [4.78, 5) is 25.8. The van der Waals surface area contributed by atoms with Crippen molar-refractivity contribution < 1.29 is 9.59 Å². The van der Waals surface area contributed by atoms with Crippen molar-refractivity contribution in [2.75, 3.05) is 0 Å². The molecular weight excluding hydrogens is 439 g/mol. The fourth-order valence-corrected chi connectivity index (χ4v) is 5.36. The zero-order chi connectivity index (χ0) is 22.0. The molecule has 0 atom stereocenters. The largest absolute Gasteiger partial charge is 0.308 e. The summed E-state index contributed by atoms with van der Waals surface area (Å²) in [6.45, 7) is 6.70. The molecule has 0 aliphatic heterocycles. The molecule has 0 fully saturated rings. The highest BCUT2D eigenvalue weighted by atomic mass is 32.1. The molecule has 6 heteroatoms. The Morgan fingerprint density at radius 3 is 1.68 bits per heavy atom. The Balaban J connectivity index is 1.83. The predicted molar refractivity (Wildman–Crippen MR) is 133 cm³/mol. The fourth-order valence-electron chi connectivity index (χ4n) is 3.16. The molecule has 0 aliphatic rings. The minimum Gasteiger partial charge on any atom is -0.308 e. The SMILES string of the molecule is C[Si](C)(C)C#Cc1ccc(-n2c(-c3ccc(C=O)s3)ccc2-c2ccc(C=O)s2)cc1. The maximum atomic E-state index is 11.2. The summed E-state index contributed by atoms with van der Waals surface area (Å²) in [5.41, 5.74) is 7.43. The van der Waals surface area contributed by atoms with E-state index in [0.29, 0.717) is 9.75 Å². The predicted octanol–water partition coefficient (Wildman–Crippen LogP) is 6.79. The molecule has 4 aromatic rings. The van der Waals surface area contributed by atoms with Gasteiger partial charge < -0.3 is 4.57 Å². The van der Waals surface area contributed by atoms with Crippen molar-refractivity contribution in [3.8, 4) is 38.3 Å². The maximum absolute atomic E-state index is 11.2. The van der Waals surface area contributed by atoms with Gasteiger partial charge in [0.25, 0.3) is 0 Å². The highest BCUT2D eigenvalue weighted by Gasteiger charge is 2.16. The Bertz CT molecular complexity index is 1240. The number of aldehydes is 2. The van der Waals surface area contributed by atoms with Gasteiger partial charge in [-0.15, -0.1) is 28.2 Å². The van der Waals surface area contributed by atoms with Crippen LogP contribution in [0.4, 0.5) is 0 Å². The van der Waals surface area contributed by atoms with E-state index < -0.39 is 8.07 Å². The van der Waals surface area contributed by atoms with Crippen LogP contribution in [0, 0.1) is 11.5 Å². The number of benzene rings is 1. The second kappa shape index (κ2) is 8.64. The van der Waals surface area contributed by atoms with Gasteiger partial charge in [0.05, 0.1) is 30.9 Å². The van der Waals surface area contributed by atoms with Crippen LogP contribution in [0.5, 0.6) is 0 Å². The second-order valence-electron chi connectivity index (χ2n) is 8.13. The molecule has 0 aliphatic carbocycles. The molecule has 0 N–H and O–H groups in total. The van der Waals surface area contributed by atoms with Crippen molar-refractivity contribution in [1.29, 1.82) is 0 Å². The van der Waals surface area contributed by atoms with Crippen LogP contribution in [0.15, 0.2) is 60.7 Å². The molecule has 4 rings (SSSR count). The van der Waals surface area contributed by atoms with Crippen molar-refractivity contribution in [2.24, 2.45) is 0 Å². The normalized spacial score (nSPS) is 11.1. The second-order valence-corrected chi connectivity index (χ2v) is 15.1. The first-order chi connectivity index (χ1) is 14.9. The monoisotopic (exact) mass is 459 g/mol. The number of nitrogens with zero attached hydrogens (tertiary/aromatic N) is 1. The van der Waals surface area contributed by atoms with Crippen LogP contribution in [-0.2, 0) is 0 Å². The lowest BCUT2D eigenvalue weighted by molar-refractivity contribution is 0.111. The highest BCUT2D eigenvalue weighted by molar-refractivity contribution is 7.17. The van der Waals surface area contributed by atoms with E-state index in [1.54, 1.807) is 0 Å². The lowest BCUT2D eigenvalue weighted by Gasteiger charge is -2.13. The van der Waals surface area contributed by atoms with Gasteiger partial charge in [0.15, 0.2) is 12.6 Å². The maximum Gasteiger partial charge on any atom is 0.160 e. The zero-order valence-electron chi connectivity index (χ0n) is 17.5. The van der Waals surface area contributed by atoms with Gasteiger partial charge in [-0.05, 0) is 60.7 Å². The third kappa shape index (κ3) is 4.69. The van der Waals surface area contributed by atoms with Crippen molar-refractivity contribution in [2.45, 2.75) is 19.6 Å². The van der Waals surface area contributed by atoms with Gasteiger partial charge in [0.1, 0.15) is 8.07 Å². The quantitative estimate of drug-likeness (QED) is 0.187. The molecule has 0 saturated heterocycles. The van der Waals surface area contributed by atoms with E-state index in [1.165, 1.54) is 22.7 Å². The van der Waals surface area contributed by atoms with E-state index in [9.17, 15) is 9.59 Å². The van der Waals surface area contributed by atoms with E-state index in [2.05, 4.69) is 59.9 Å². The lowest BCUT2D eigenvalue weighted by Crippen LogP contribution is -2.16. The number of hydrogen-bond donors (Lipinski definition) is 0. The molecule has 1 aromatic carbocycles. The van der Waals surface area contributed by atoms with Crippen LogP contribution in [0.3, 0.4) is 0 Å². The molecule has 0 saturated carbocycles. The van der Waals surface area contributed by atoms with Gasteiger partial charge in [-0.3, -0.25) is 9.59 Å². The Morgan fingerprint density at radius 2 is 1.26 bits per heavy atom. The fraction of sp³-hybridized carbons (Fsp3) is 0.120. The lowest BCUT2D eigenvalue weighted by atomic mass is 10.2. The number of rotatable bonds is 5. The van der Waals surface area contributed by atoms with Crippen LogP contribution < -0.4 is 0 Å². The molecule has 0 amide bonds. The van der Waals surface area contributed by atoms with Crippen LogP contribution in [-0.4, -0.2) is 25.2 Å². The minimum atomic E-state index is -1.44. The summed E-state index contributed by atoms with van der Waals surface area (Å²) < 4.78 is 2.18. The topological polar surface area (TPSA) is 39.1 Å². The van der Waals surface area contributed by atoms with Crippen molar-refractivity contribution in [3.63, 3.8) is 0 Å². The minimum absolute atomic E-state index is 0.695. The van der Waals surface area contributed by atoms with Gasteiger partial charge in [-0.25, -0.2) is 0 Å². The van der Waals surface area contributed by atoms with Crippen molar-refractivity contribution in [3.05, 3.63) is 76.0 Å². The number of carbonyl (C=O) groups excluding carboxylic acids is 2. The first-order valence-corrected chi connectivity index (χ1v) is 15.0. The van der Waals surface area contributed by atoms with E-state index in [1.807, 2.05) is 36.4 Å². The molecule has 0 bridgehead atoms. The van der Waals surface area contributed by atoms with Crippen LogP contribution >= 0.6 is 22.7 Å². The molecule has 0 unspecified atom stereocenters. The molecule has 0 spiro atoms. The molecule has 0 radical (unpaired) electrons. The van der Waals surface area contributed by atoms with E-state index in [0.717, 1.165) is 45.0 Å². The molecular formula is C25H21NO2S2Si. The highest BCUT2D eigenvalue weighted by Crippen LogP contribution is 2.37. The zero-order valence-corrected chi connectivity index (χ0v) is 20.1. The summed E-state index contributed by atoms with van der Waals surface area (Å²) in [6.07, 6.45) is 1.76. The van der Waals surface area contributed by atoms with Crippen molar-refractivity contribution in [1.82, 2.24) is 4.57 Å². The van der Waals surface area contributed by atoms with E-state index in [4.69, 9.17) is 0 Å². The molecule has 154 valence electrons. The van der Waals surface area contributed by atoms with Crippen LogP contribution in [0.1, 0.15) is 24.9 Å². The third-order valence-electron chi connectivity index (χ3n) is 4.58. The Labute approximate surface area is 191 Å². The van der Waals surface area contributed by atoms with Crippen LogP contribution in [0.25, 0.3) is 26.8 Å². The smallest absolute Gasteiger partial charge is 0.160 e. The average molecular weight is 460 g/mol. The summed E-state index contributed by atoms with van der Waals surface area (Å²) >= 11 is 2.94. The summed E-state index contributed by atoms with van der Waals surface area (Å²) in [5, 5.41) is 0. The van der Waals surface area contributed by atoms with Gasteiger partial charge in [0, 0.05) is 11.3 Å². The van der Waals surface area contributed by atoms with Gasteiger partial charge in [-0.2, -0.15) is 0 Å². The van der Waals surface area contributed by atoms with Crippen LogP contribution in [0.2, 0.25) is 19.6 Å². The van der Waals surface area contributed by atoms with Gasteiger partial charge in [-0.1, -0.05) is 25.6 Å². The molecule has 3 aromatic heterocycles. The van der Waals surface area contributed by atoms with Gasteiger partial charge in [0.2, 0.25) is 0 Å². The molecule has 3 heterocycles.